The molecular weight excluding hydrogens is 384 g/mol. The van der Waals surface area contributed by atoms with Gasteiger partial charge in [-0.25, -0.2) is 8.42 Å². The second kappa shape index (κ2) is 10.3. The first-order valence-corrected chi connectivity index (χ1v) is 12.9. The molecular formula is C24H40O4S. The van der Waals surface area contributed by atoms with Crippen LogP contribution in [0.25, 0.3) is 0 Å². The van der Waals surface area contributed by atoms with Gasteiger partial charge in [-0.05, 0) is 61.1 Å². The van der Waals surface area contributed by atoms with E-state index in [1.807, 2.05) is 12.1 Å². The van der Waals surface area contributed by atoms with Crippen molar-refractivity contribution in [1.29, 1.82) is 0 Å². The fraction of sp³-hybridized carbons (Fsp3) is 0.750. The highest BCUT2D eigenvalue weighted by atomic mass is 32.2. The third-order valence-electron chi connectivity index (χ3n) is 5.76. The Morgan fingerprint density at radius 1 is 1.10 bits per heavy atom. The predicted octanol–water partition coefficient (Wildman–Crippen LogP) is 5.40. The summed E-state index contributed by atoms with van der Waals surface area (Å²) in [6, 6.07) is 8.07. The molecule has 0 radical (unpaired) electrons. The number of rotatable bonds is 13. The second-order valence-electron chi connectivity index (χ2n) is 9.83. The molecule has 166 valence electrons. The van der Waals surface area contributed by atoms with Crippen molar-refractivity contribution in [2.45, 2.75) is 72.1 Å². The Kier molecular flexibility index (Phi) is 8.59. The Labute approximate surface area is 178 Å². The molecule has 5 heteroatoms. The van der Waals surface area contributed by atoms with Gasteiger partial charge < -0.3 is 9.47 Å². The normalized spacial score (nSPS) is 15.5. The number of ether oxygens (including phenoxy) is 2. The van der Waals surface area contributed by atoms with Gasteiger partial charge in [0, 0.05) is 12.0 Å². The van der Waals surface area contributed by atoms with Crippen LogP contribution < -0.4 is 4.74 Å². The third-order valence-corrected chi connectivity index (χ3v) is 7.66. The molecule has 4 nitrogen and oxygen atoms in total. The summed E-state index contributed by atoms with van der Waals surface area (Å²) in [5.74, 6) is 1.91. The summed E-state index contributed by atoms with van der Waals surface area (Å²) in [6.07, 6.45) is 4.63. The van der Waals surface area contributed by atoms with E-state index < -0.39 is 9.84 Å². The predicted molar refractivity (Wildman–Crippen MR) is 120 cm³/mol. The van der Waals surface area contributed by atoms with Crippen molar-refractivity contribution < 1.29 is 17.9 Å². The molecule has 0 unspecified atom stereocenters. The average Bonchev–Trinajstić information content (AvgIpc) is 3.48. The van der Waals surface area contributed by atoms with Crippen LogP contribution in [0.1, 0.15) is 72.3 Å². The van der Waals surface area contributed by atoms with Gasteiger partial charge >= 0.3 is 0 Å². The Hall–Kier alpha value is -1.07. The molecule has 1 aromatic carbocycles. The standard InChI is InChI=1S/C24H40O4S/c1-6-24(7-2,19-29(25,26)15-9-14-27-18-23(3,4)5)21-10-8-11-22(16-21)28-17-20-12-13-20/h8,10-11,16,20H,6-7,9,12-15,17-19H2,1-5H3. The summed E-state index contributed by atoms with van der Waals surface area (Å²) in [5, 5.41) is 0. The van der Waals surface area contributed by atoms with Crippen molar-refractivity contribution in [2.24, 2.45) is 11.3 Å². The molecule has 1 fully saturated rings. The molecule has 0 atom stereocenters. The highest BCUT2D eigenvalue weighted by molar-refractivity contribution is 7.91. The number of sulfone groups is 1. The zero-order chi connectivity index (χ0) is 21.5. The molecule has 2 rings (SSSR count). The molecule has 0 heterocycles. The first kappa shape index (κ1) is 24.2. The van der Waals surface area contributed by atoms with Crippen LogP contribution in [0.4, 0.5) is 0 Å². The maximum absolute atomic E-state index is 12.9. The van der Waals surface area contributed by atoms with Gasteiger partial charge in [-0.1, -0.05) is 46.8 Å². The lowest BCUT2D eigenvalue weighted by molar-refractivity contribution is 0.0720. The van der Waals surface area contributed by atoms with Gasteiger partial charge in [0.15, 0.2) is 9.84 Å². The van der Waals surface area contributed by atoms with Crippen molar-refractivity contribution in [2.75, 3.05) is 31.3 Å². The molecule has 0 spiro atoms. The van der Waals surface area contributed by atoms with E-state index in [1.54, 1.807) is 0 Å². The number of hydrogen-bond acceptors (Lipinski definition) is 4. The SMILES string of the molecule is CCC(CC)(CS(=O)(=O)CCCOCC(C)(C)C)c1cccc(OCC2CC2)c1. The monoisotopic (exact) mass is 424 g/mol. The molecule has 1 aliphatic rings. The van der Waals surface area contributed by atoms with Crippen molar-refractivity contribution >= 4 is 9.84 Å². The molecule has 0 aromatic heterocycles. The van der Waals surface area contributed by atoms with Gasteiger partial charge in [0.1, 0.15) is 5.75 Å². The van der Waals surface area contributed by atoms with E-state index in [0.717, 1.165) is 30.8 Å². The zero-order valence-electron chi connectivity index (χ0n) is 19.0. The lowest BCUT2D eigenvalue weighted by Crippen LogP contribution is -2.35. The van der Waals surface area contributed by atoms with Crippen molar-refractivity contribution in [3.63, 3.8) is 0 Å². The summed E-state index contributed by atoms with van der Waals surface area (Å²) in [4.78, 5) is 0. The maximum Gasteiger partial charge on any atom is 0.151 e. The van der Waals surface area contributed by atoms with E-state index in [9.17, 15) is 8.42 Å². The Balaban J connectivity index is 2.00. The Morgan fingerprint density at radius 2 is 1.79 bits per heavy atom. The van der Waals surface area contributed by atoms with Crippen LogP contribution in [0.3, 0.4) is 0 Å². The van der Waals surface area contributed by atoms with E-state index in [4.69, 9.17) is 9.47 Å². The molecule has 1 aromatic rings. The fourth-order valence-corrected chi connectivity index (χ4v) is 5.73. The Morgan fingerprint density at radius 3 is 2.38 bits per heavy atom. The first-order valence-electron chi connectivity index (χ1n) is 11.1. The summed E-state index contributed by atoms with van der Waals surface area (Å²) < 4.78 is 37.4. The molecule has 1 aliphatic carbocycles. The summed E-state index contributed by atoms with van der Waals surface area (Å²) in [6.45, 7) is 12.4. The van der Waals surface area contributed by atoms with Crippen LogP contribution in [0, 0.1) is 11.3 Å². The van der Waals surface area contributed by atoms with Gasteiger partial charge in [0.05, 0.1) is 24.7 Å². The van der Waals surface area contributed by atoms with Crippen molar-refractivity contribution in [3.05, 3.63) is 29.8 Å². The minimum atomic E-state index is -3.18. The maximum atomic E-state index is 12.9. The molecule has 29 heavy (non-hydrogen) atoms. The van der Waals surface area contributed by atoms with Gasteiger partial charge in [-0.15, -0.1) is 0 Å². The molecule has 0 bridgehead atoms. The van der Waals surface area contributed by atoms with E-state index in [0.29, 0.717) is 25.6 Å². The van der Waals surface area contributed by atoms with E-state index >= 15 is 0 Å². The Bertz CT molecular complexity index is 725. The topological polar surface area (TPSA) is 52.6 Å². The molecule has 0 aliphatic heterocycles. The van der Waals surface area contributed by atoms with Crippen molar-refractivity contribution in [1.82, 2.24) is 0 Å². The van der Waals surface area contributed by atoms with Crippen LogP contribution in [0.15, 0.2) is 24.3 Å². The molecule has 0 N–H and O–H groups in total. The molecule has 0 saturated heterocycles. The van der Waals surface area contributed by atoms with Gasteiger partial charge in [0.25, 0.3) is 0 Å². The molecule has 1 saturated carbocycles. The van der Waals surface area contributed by atoms with E-state index in [2.05, 4.69) is 46.8 Å². The van der Waals surface area contributed by atoms with Crippen LogP contribution in [0.5, 0.6) is 5.75 Å². The molecule has 0 amide bonds. The summed E-state index contributed by atoms with van der Waals surface area (Å²) >= 11 is 0. The lowest BCUT2D eigenvalue weighted by Gasteiger charge is -2.32. The smallest absolute Gasteiger partial charge is 0.151 e. The fourth-order valence-electron chi connectivity index (χ4n) is 3.61. The highest BCUT2D eigenvalue weighted by Gasteiger charge is 2.34. The third kappa shape index (κ3) is 8.29. The van der Waals surface area contributed by atoms with Gasteiger partial charge in [-0.3, -0.25) is 0 Å². The van der Waals surface area contributed by atoms with Crippen LogP contribution in [-0.4, -0.2) is 39.7 Å². The number of hydrogen-bond donors (Lipinski definition) is 0. The number of benzene rings is 1. The summed E-state index contributed by atoms with van der Waals surface area (Å²) in [7, 11) is -3.18. The first-order chi connectivity index (χ1) is 13.6. The summed E-state index contributed by atoms with van der Waals surface area (Å²) in [5.41, 5.74) is 0.804. The lowest BCUT2D eigenvalue weighted by atomic mass is 9.77. The van der Waals surface area contributed by atoms with Crippen LogP contribution >= 0.6 is 0 Å². The van der Waals surface area contributed by atoms with Gasteiger partial charge in [-0.2, -0.15) is 0 Å². The van der Waals surface area contributed by atoms with Crippen LogP contribution in [0.2, 0.25) is 0 Å². The second-order valence-corrected chi connectivity index (χ2v) is 12.0. The van der Waals surface area contributed by atoms with E-state index in [1.165, 1.54) is 12.8 Å². The van der Waals surface area contributed by atoms with Crippen LogP contribution in [-0.2, 0) is 20.0 Å². The van der Waals surface area contributed by atoms with Gasteiger partial charge in [0.2, 0.25) is 0 Å². The van der Waals surface area contributed by atoms with E-state index in [-0.39, 0.29) is 22.3 Å². The average molecular weight is 425 g/mol. The largest absolute Gasteiger partial charge is 0.493 e. The quantitative estimate of drug-likeness (QED) is 0.398. The zero-order valence-corrected chi connectivity index (χ0v) is 19.8. The highest BCUT2D eigenvalue weighted by Crippen LogP contribution is 2.36. The minimum absolute atomic E-state index is 0.102. The van der Waals surface area contributed by atoms with Crippen molar-refractivity contribution in [3.8, 4) is 5.75 Å². The minimum Gasteiger partial charge on any atom is -0.493 e.